The fourth-order valence-corrected chi connectivity index (χ4v) is 1.20. The van der Waals surface area contributed by atoms with Crippen LogP contribution in [-0.4, -0.2) is 18.4 Å². The van der Waals surface area contributed by atoms with Gasteiger partial charge in [-0.25, -0.2) is 4.79 Å². The Morgan fingerprint density at radius 2 is 2.07 bits per heavy atom. The second-order valence-corrected chi connectivity index (χ2v) is 3.24. The first-order valence-corrected chi connectivity index (χ1v) is 5.46. The van der Waals surface area contributed by atoms with E-state index in [1.807, 2.05) is 30.3 Å². The van der Waals surface area contributed by atoms with Crippen molar-refractivity contribution in [2.75, 3.05) is 12.4 Å². The van der Waals surface area contributed by atoms with Gasteiger partial charge in [-0.3, -0.25) is 0 Å². The second-order valence-electron chi connectivity index (χ2n) is 2.68. The third kappa shape index (κ3) is 4.16. The number of carbonyl (C=O) groups is 1. The van der Waals surface area contributed by atoms with E-state index in [0.717, 1.165) is 0 Å². The summed E-state index contributed by atoms with van der Waals surface area (Å²) in [6, 6.07) is 9.24. The van der Waals surface area contributed by atoms with Crippen LogP contribution in [0.15, 0.2) is 42.2 Å². The van der Waals surface area contributed by atoms with Crippen molar-refractivity contribution in [1.29, 1.82) is 0 Å². The number of benzene rings is 1. The van der Waals surface area contributed by atoms with E-state index in [1.165, 1.54) is 13.2 Å². The number of hydrogen-bond acceptors (Lipinski definition) is 3. The Hall–Kier alpha value is -1.29. The monoisotopic (exact) mass is 270 g/mol. The molecule has 1 aromatic rings. The number of hydrogen-bond donors (Lipinski definition) is 0. The topological polar surface area (TPSA) is 35.5 Å². The van der Waals surface area contributed by atoms with E-state index < -0.39 is 5.97 Å². The summed E-state index contributed by atoms with van der Waals surface area (Å²) in [6.45, 7) is 0. The Bertz CT molecular complexity index is 346. The molecule has 0 aliphatic heterocycles. The van der Waals surface area contributed by atoms with E-state index in [9.17, 15) is 4.79 Å². The third-order valence-electron chi connectivity index (χ3n) is 1.60. The highest BCUT2D eigenvalue weighted by molar-refractivity contribution is 9.09. The number of esters is 1. The molecule has 0 heterocycles. The number of allylic oxidation sites excluding steroid dienone is 1. The zero-order chi connectivity index (χ0) is 11.1. The molecule has 0 atom stereocenters. The quantitative estimate of drug-likeness (QED) is 0.365. The Morgan fingerprint density at radius 3 is 2.60 bits per heavy atom. The highest BCUT2D eigenvalue weighted by Crippen LogP contribution is 2.13. The molecule has 0 spiro atoms. The normalized spacial score (nSPS) is 10.9. The van der Waals surface area contributed by atoms with E-state index >= 15 is 0 Å². The van der Waals surface area contributed by atoms with Gasteiger partial charge in [0, 0.05) is 0 Å². The maximum Gasteiger partial charge on any atom is 0.333 e. The smallest absolute Gasteiger partial charge is 0.333 e. The van der Waals surface area contributed by atoms with Crippen molar-refractivity contribution >= 4 is 21.9 Å². The molecular formula is C11H11BrO3. The van der Waals surface area contributed by atoms with Crippen molar-refractivity contribution in [2.45, 2.75) is 0 Å². The molecule has 1 aromatic carbocycles. The zero-order valence-electron chi connectivity index (χ0n) is 8.27. The minimum atomic E-state index is -0.430. The van der Waals surface area contributed by atoms with E-state index in [4.69, 9.17) is 4.74 Å². The first kappa shape index (κ1) is 11.8. The summed E-state index contributed by atoms with van der Waals surface area (Å²) in [5, 5.41) is 0.455. The zero-order valence-corrected chi connectivity index (χ0v) is 9.86. The molecule has 0 aromatic heterocycles. The Labute approximate surface area is 96.8 Å². The number of ether oxygens (including phenoxy) is 2. The molecule has 3 nitrogen and oxygen atoms in total. The lowest BCUT2D eigenvalue weighted by atomic mass is 10.3. The Kier molecular flexibility index (Phi) is 4.90. The van der Waals surface area contributed by atoms with Crippen molar-refractivity contribution in [2.24, 2.45) is 0 Å². The number of methoxy groups -OCH3 is 1. The lowest BCUT2D eigenvalue weighted by molar-refractivity contribution is -0.135. The summed E-state index contributed by atoms with van der Waals surface area (Å²) < 4.78 is 9.95. The first-order chi connectivity index (χ1) is 7.26. The van der Waals surface area contributed by atoms with Gasteiger partial charge in [0.15, 0.2) is 0 Å². The van der Waals surface area contributed by atoms with Gasteiger partial charge in [0.2, 0.25) is 0 Å². The van der Waals surface area contributed by atoms with Gasteiger partial charge < -0.3 is 9.47 Å². The fraction of sp³-hybridized carbons (Fsp3) is 0.182. The first-order valence-electron chi connectivity index (χ1n) is 4.33. The molecule has 0 N–H and O–H groups in total. The molecule has 0 amide bonds. The molecule has 4 heteroatoms. The van der Waals surface area contributed by atoms with Crippen LogP contribution in [0.5, 0.6) is 5.75 Å². The van der Waals surface area contributed by atoms with Crippen LogP contribution < -0.4 is 4.74 Å². The molecule has 0 bridgehead atoms. The lowest BCUT2D eigenvalue weighted by Crippen LogP contribution is -2.03. The van der Waals surface area contributed by atoms with Crippen LogP contribution in [-0.2, 0) is 9.53 Å². The number of halogens is 1. The van der Waals surface area contributed by atoms with Crippen LogP contribution in [0.1, 0.15) is 0 Å². The lowest BCUT2D eigenvalue weighted by Gasteiger charge is -2.06. The van der Waals surface area contributed by atoms with E-state index in [1.54, 1.807) is 0 Å². The molecule has 0 unspecified atom stereocenters. The van der Waals surface area contributed by atoms with Crippen molar-refractivity contribution in [3.8, 4) is 5.75 Å². The molecule has 0 radical (unpaired) electrons. The molecule has 0 saturated carbocycles. The maximum atomic E-state index is 11.0. The van der Waals surface area contributed by atoms with Gasteiger partial charge >= 0.3 is 5.97 Å². The molecule has 1 rings (SSSR count). The Morgan fingerprint density at radius 1 is 1.40 bits per heavy atom. The van der Waals surface area contributed by atoms with Gasteiger partial charge in [0.1, 0.15) is 11.5 Å². The van der Waals surface area contributed by atoms with Crippen molar-refractivity contribution in [1.82, 2.24) is 0 Å². The average Bonchev–Trinajstić information content (AvgIpc) is 2.29. The number of para-hydroxylation sites is 1. The van der Waals surface area contributed by atoms with Gasteiger partial charge in [-0.05, 0) is 12.1 Å². The fourth-order valence-electron chi connectivity index (χ4n) is 0.926. The largest absolute Gasteiger partial charge is 0.466 e. The summed E-state index contributed by atoms with van der Waals surface area (Å²) in [5.41, 5.74) is 0. The van der Waals surface area contributed by atoms with Gasteiger partial charge in [-0.15, -0.1) is 0 Å². The molecular weight excluding hydrogens is 260 g/mol. The molecule has 80 valence electrons. The van der Waals surface area contributed by atoms with Gasteiger partial charge in [-0.2, -0.15) is 0 Å². The Balaban J connectivity index is 2.70. The number of alkyl halides is 1. The van der Waals surface area contributed by atoms with E-state index in [-0.39, 0.29) is 0 Å². The maximum absolute atomic E-state index is 11.0. The van der Waals surface area contributed by atoms with Gasteiger partial charge in [0.25, 0.3) is 0 Å². The summed E-state index contributed by atoms with van der Waals surface area (Å²) in [4.78, 5) is 11.0. The van der Waals surface area contributed by atoms with Crippen LogP contribution in [0.3, 0.4) is 0 Å². The highest BCUT2D eigenvalue weighted by atomic mass is 79.9. The van der Waals surface area contributed by atoms with Crippen LogP contribution in [0.25, 0.3) is 0 Å². The molecule has 15 heavy (non-hydrogen) atoms. The summed E-state index contributed by atoms with van der Waals surface area (Å²) in [5.74, 6) is 0.764. The summed E-state index contributed by atoms with van der Waals surface area (Å²) in [7, 11) is 1.33. The minimum Gasteiger partial charge on any atom is -0.466 e. The van der Waals surface area contributed by atoms with Crippen LogP contribution in [0.2, 0.25) is 0 Å². The number of carbonyl (C=O) groups excluding carboxylic acids is 1. The molecule has 0 aliphatic rings. The van der Waals surface area contributed by atoms with Crippen molar-refractivity contribution in [3.05, 3.63) is 42.2 Å². The van der Waals surface area contributed by atoms with Crippen molar-refractivity contribution in [3.63, 3.8) is 0 Å². The molecule has 0 saturated heterocycles. The molecule has 0 aliphatic carbocycles. The van der Waals surface area contributed by atoms with E-state index in [0.29, 0.717) is 16.8 Å². The predicted octanol–water partition coefficient (Wildman–Crippen LogP) is 2.52. The highest BCUT2D eigenvalue weighted by Gasteiger charge is 2.02. The van der Waals surface area contributed by atoms with Crippen molar-refractivity contribution < 1.29 is 14.3 Å². The van der Waals surface area contributed by atoms with Crippen LogP contribution in [0.4, 0.5) is 0 Å². The van der Waals surface area contributed by atoms with Crippen LogP contribution >= 0.6 is 15.9 Å². The van der Waals surface area contributed by atoms with Gasteiger partial charge in [0.05, 0.1) is 18.5 Å². The second kappa shape index (κ2) is 6.24. The standard InChI is InChI=1S/C11H11BrO3/c1-14-11(13)7-10(8-12)15-9-5-3-2-4-6-9/h2-7H,8H2,1H3/b10-7-. The van der Waals surface area contributed by atoms with E-state index in [2.05, 4.69) is 20.7 Å². The SMILES string of the molecule is COC(=O)/C=C(/CBr)Oc1ccccc1. The average molecular weight is 271 g/mol. The minimum absolute atomic E-state index is 0.430. The third-order valence-corrected chi connectivity index (χ3v) is 2.16. The summed E-state index contributed by atoms with van der Waals surface area (Å²) in [6.07, 6.45) is 1.31. The van der Waals surface area contributed by atoms with Crippen LogP contribution in [0, 0.1) is 0 Å². The van der Waals surface area contributed by atoms with Gasteiger partial charge in [-0.1, -0.05) is 34.1 Å². The predicted molar refractivity (Wildman–Crippen MR) is 61.0 cm³/mol. The molecule has 0 fully saturated rings. The summed E-state index contributed by atoms with van der Waals surface area (Å²) >= 11 is 3.23. The number of rotatable bonds is 4.